The molecule has 0 aromatic carbocycles. The molecule has 0 aliphatic carbocycles. The fraction of sp³-hybridized carbons (Fsp3) is 1.00. The first-order valence-corrected chi connectivity index (χ1v) is 22.6. The van der Waals surface area contributed by atoms with Crippen molar-refractivity contribution in [3.63, 3.8) is 0 Å². The predicted octanol–water partition coefficient (Wildman–Crippen LogP) is 14.9. The first-order chi connectivity index (χ1) is 19.7. The second-order valence-electron chi connectivity index (χ2n) is 14.0. The van der Waals surface area contributed by atoms with Gasteiger partial charge in [-0.05, 0) is 0 Å². The van der Waals surface area contributed by atoms with Crippen molar-refractivity contribution >= 4 is 7.26 Å². The molecule has 1 heteroatoms. The van der Waals surface area contributed by atoms with Crippen LogP contribution in [0.2, 0.25) is 0 Å². The normalized spacial score (nSPS) is 12.4. The molecule has 0 radical (unpaired) electrons. The van der Waals surface area contributed by atoms with E-state index in [9.17, 15) is 0 Å². The molecule has 0 aliphatic heterocycles. The number of unbranched alkanes of at least 4 members (excludes halogenated alkanes) is 27. The fourth-order valence-corrected chi connectivity index (χ4v) is 12.6. The third-order valence-corrected chi connectivity index (χ3v) is 15.6. The molecule has 0 rings (SSSR count). The zero-order valence-electron chi connectivity index (χ0n) is 29.2. The van der Waals surface area contributed by atoms with Crippen molar-refractivity contribution in [1.29, 1.82) is 0 Å². The molecule has 0 aliphatic rings. The number of hydrogen-bond acceptors (Lipinski definition) is 0. The zero-order chi connectivity index (χ0) is 29.2. The molecule has 0 atom stereocenters. The van der Waals surface area contributed by atoms with Gasteiger partial charge in [0.15, 0.2) is 0 Å². The summed E-state index contributed by atoms with van der Waals surface area (Å²) in [5, 5.41) is 0. The summed E-state index contributed by atoms with van der Waals surface area (Å²) in [6.45, 7) is 9.37. The molecular weight excluding hydrogens is 499 g/mol. The SMILES string of the molecule is CCCCCCCCCC[PH](CCCCCCCCC)(CCCCCCCCCC)CCCCCCCCCC. The van der Waals surface area contributed by atoms with Gasteiger partial charge in [-0.1, -0.05) is 0 Å². The van der Waals surface area contributed by atoms with Gasteiger partial charge in [0, 0.05) is 0 Å². The molecule has 0 fully saturated rings. The van der Waals surface area contributed by atoms with Gasteiger partial charge in [0.1, 0.15) is 0 Å². The summed E-state index contributed by atoms with van der Waals surface area (Å²) in [6.07, 6.45) is 52.9. The first-order valence-electron chi connectivity index (χ1n) is 19.7. The first kappa shape index (κ1) is 40.4. The minimum absolute atomic E-state index is 1.11. The van der Waals surface area contributed by atoms with Gasteiger partial charge in [0.05, 0.1) is 0 Å². The van der Waals surface area contributed by atoms with Crippen molar-refractivity contribution in [3.8, 4) is 0 Å². The summed E-state index contributed by atoms with van der Waals surface area (Å²) in [7, 11) is -1.11. The zero-order valence-corrected chi connectivity index (χ0v) is 30.2. The molecule has 0 unspecified atom stereocenters. The van der Waals surface area contributed by atoms with Crippen LogP contribution in [0.3, 0.4) is 0 Å². The molecular formula is C39H83P. The Kier molecular flexibility index (Phi) is 34.3. The second kappa shape index (κ2) is 33.9. The second-order valence-corrected chi connectivity index (χ2v) is 19.0. The van der Waals surface area contributed by atoms with Gasteiger partial charge in [-0.15, -0.1) is 0 Å². The summed E-state index contributed by atoms with van der Waals surface area (Å²) < 4.78 is 0. The van der Waals surface area contributed by atoms with Gasteiger partial charge in [0.25, 0.3) is 0 Å². The van der Waals surface area contributed by atoms with E-state index in [1.54, 1.807) is 50.3 Å². The van der Waals surface area contributed by atoms with Crippen LogP contribution in [0.15, 0.2) is 0 Å². The molecule has 0 saturated carbocycles. The van der Waals surface area contributed by atoms with Crippen LogP contribution < -0.4 is 0 Å². The van der Waals surface area contributed by atoms with Gasteiger partial charge in [-0.3, -0.25) is 0 Å². The van der Waals surface area contributed by atoms with Crippen molar-refractivity contribution in [1.82, 2.24) is 0 Å². The summed E-state index contributed by atoms with van der Waals surface area (Å²) in [5.41, 5.74) is 0. The molecule has 40 heavy (non-hydrogen) atoms. The van der Waals surface area contributed by atoms with Crippen LogP contribution in [-0.4, -0.2) is 24.6 Å². The molecule has 0 aromatic heterocycles. The third-order valence-electron chi connectivity index (χ3n) is 9.99. The molecule has 0 saturated heterocycles. The van der Waals surface area contributed by atoms with E-state index < -0.39 is 7.26 Å². The Bertz CT molecular complexity index is 394. The van der Waals surface area contributed by atoms with Crippen LogP contribution in [-0.2, 0) is 0 Å². The van der Waals surface area contributed by atoms with E-state index in [1.807, 2.05) is 0 Å². The maximum atomic E-state index is 2.35. The van der Waals surface area contributed by atoms with Gasteiger partial charge < -0.3 is 0 Å². The fourth-order valence-electron chi connectivity index (χ4n) is 7.11. The van der Waals surface area contributed by atoms with E-state index in [0.717, 1.165) is 0 Å². The van der Waals surface area contributed by atoms with Crippen molar-refractivity contribution in [2.75, 3.05) is 24.6 Å². The van der Waals surface area contributed by atoms with Crippen LogP contribution in [0.1, 0.15) is 227 Å². The minimum atomic E-state index is -1.11. The van der Waals surface area contributed by atoms with Crippen molar-refractivity contribution in [2.45, 2.75) is 227 Å². The summed E-state index contributed by atoms with van der Waals surface area (Å²) in [6, 6.07) is 0. The van der Waals surface area contributed by atoms with Gasteiger partial charge in [-0.2, -0.15) is 0 Å². The van der Waals surface area contributed by atoms with Crippen LogP contribution in [0, 0.1) is 0 Å². The van der Waals surface area contributed by atoms with E-state index in [-0.39, 0.29) is 0 Å². The molecule has 0 bridgehead atoms. The van der Waals surface area contributed by atoms with Gasteiger partial charge in [0.2, 0.25) is 0 Å². The molecule has 0 N–H and O–H groups in total. The van der Waals surface area contributed by atoms with E-state index in [1.165, 1.54) is 173 Å². The van der Waals surface area contributed by atoms with Crippen molar-refractivity contribution in [3.05, 3.63) is 0 Å². The van der Waals surface area contributed by atoms with E-state index in [4.69, 9.17) is 0 Å². The summed E-state index contributed by atoms with van der Waals surface area (Å²) in [5.74, 6) is 0. The average Bonchev–Trinajstić information content (AvgIpc) is 2.96. The van der Waals surface area contributed by atoms with Crippen LogP contribution in [0.5, 0.6) is 0 Å². The van der Waals surface area contributed by atoms with Crippen LogP contribution in [0.4, 0.5) is 0 Å². The molecule has 0 nitrogen and oxygen atoms in total. The predicted molar refractivity (Wildman–Crippen MR) is 194 cm³/mol. The Morgan fingerprint density at radius 3 is 0.525 bits per heavy atom. The molecule has 0 aromatic rings. The van der Waals surface area contributed by atoms with Crippen LogP contribution >= 0.6 is 7.26 Å². The van der Waals surface area contributed by atoms with E-state index >= 15 is 0 Å². The van der Waals surface area contributed by atoms with Gasteiger partial charge in [-0.25, -0.2) is 0 Å². The Morgan fingerprint density at radius 1 is 0.200 bits per heavy atom. The van der Waals surface area contributed by atoms with E-state index in [2.05, 4.69) is 27.7 Å². The maximum absolute atomic E-state index is 2.35. The molecule has 0 spiro atoms. The number of hydrogen-bond donors (Lipinski definition) is 0. The van der Waals surface area contributed by atoms with Crippen LogP contribution in [0.25, 0.3) is 0 Å². The molecule has 244 valence electrons. The topological polar surface area (TPSA) is 0 Å². The van der Waals surface area contributed by atoms with E-state index in [0.29, 0.717) is 0 Å². The third kappa shape index (κ3) is 28.5. The van der Waals surface area contributed by atoms with Gasteiger partial charge >= 0.3 is 259 Å². The van der Waals surface area contributed by atoms with Crippen molar-refractivity contribution in [2.24, 2.45) is 0 Å². The monoisotopic (exact) mass is 583 g/mol. The summed E-state index contributed by atoms with van der Waals surface area (Å²) >= 11 is 0. The Labute approximate surface area is 258 Å². The standard InChI is InChI=1S/C39H83P/c1-5-9-13-17-21-25-29-33-37-40(36-32-28-24-20-16-12-8-4,38-34-30-26-22-18-14-10-6-2)39-35-31-27-23-19-15-11-7-3/h40H,5-39H2,1-4H3. The molecule has 0 heterocycles. The Balaban J connectivity index is 4.80. The average molecular weight is 583 g/mol. The Hall–Kier alpha value is 0.430. The molecule has 0 amide bonds. The number of rotatable bonds is 35. The van der Waals surface area contributed by atoms with Crippen molar-refractivity contribution < 1.29 is 0 Å². The Morgan fingerprint density at radius 2 is 0.350 bits per heavy atom. The quantitative estimate of drug-likeness (QED) is 0.0515. The summed E-state index contributed by atoms with van der Waals surface area (Å²) in [4.78, 5) is 0.